The van der Waals surface area contributed by atoms with Gasteiger partial charge in [-0.3, -0.25) is 4.79 Å². The molecule has 0 aliphatic carbocycles. The van der Waals surface area contributed by atoms with Crippen LogP contribution in [0.15, 0.2) is 24.3 Å². The molecule has 1 amide bonds. The average molecular weight is 248 g/mol. The minimum Gasteiger partial charge on any atom is -0.383 e. The van der Waals surface area contributed by atoms with Crippen LogP contribution in [0, 0.1) is 0 Å². The number of benzene rings is 1. The fourth-order valence-corrected chi connectivity index (χ4v) is 2.15. The smallest absolute Gasteiger partial charge is 0.222 e. The molecule has 0 radical (unpaired) electrons. The monoisotopic (exact) mass is 248 g/mol. The SMILES string of the molecule is CCOCCC(=O)NC1CNc2ccccc2C1. The van der Waals surface area contributed by atoms with Crippen LogP contribution in [0.3, 0.4) is 0 Å². The number of hydrogen-bond donors (Lipinski definition) is 2. The quantitative estimate of drug-likeness (QED) is 0.778. The summed E-state index contributed by atoms with van der Waals surface area (Å²) in [6, 6.07) is 8.39. The molecule has 1 aromatic rings. The molecule has 2 rings (SSSR count). The second-order valence-corrected chi connectivity index (χ2v) is 4.45. The minimum absolute atomic E-state index is 0.0645. The van der Waals surface area contributed by atoms with Gasteiger partial charge in [-0.25, -0.2) is 0 Å². The van der Waals surface area contributed by atoms with Crippen LogP contribution in [0.5, 0.6) is 0 Å². The molecule has 1 heterocycles. The second kappa shape index (κ2) is 6.40. The third kappa shape index (κ3) is 3.47. The summed E-state index contributed by atoms with van der Waals surface area (Å²) in [5, 5.41) is 6.38. The fraction of sp³-hybridized carbons (Fsp3) is 0.500. The van der Waals surface area contributed by atoms with E-state index in [0.29, 0.717) is 19.6 Å². The van der Waals surface area contributed by atoms with E-state index in [-0.39, 0.29) is 11.9 Å². The van der Waals surface area contributed by atoms with Crippen molar-refractivity contribution in [3.63, 3.8) is 0 Å². The van der Waals surface area contributed by atoms with Crippen molar-refractivity contribution >= 4 is 11.6 Å². The normalized spacial score (nSPS) is 17.7. The van der Waals surface area contributed by atoms with Crippen molar-refractivity contribution in [1.29, 1.82) is 0 Å². The number of nitrogens with one attached hydrogen (secondary N) is 2. The molecule has 1 aliphatic rings. The molecule has 0 saturated heterocycles. The highest BCUT2D eigenvalue weighted by Gasteiger charge is 2.18. The van der Waals surface area contributed by atoms with Crippen molar-refractivity contribution in [2.75, 3.05) is 25.1 Å². The van der Waals surface area contributed by atoms with Gasteiger partial charge in [0.15, 0.2) is 0 Å². The Balaban J connectivity index is 1.80. The molecule has 0 saturated carbocycles. The summed E-state index contributed by atoms with van der Waals surface area (Å²) in [5.41, 5.74) is 2.44. The molecule has 2 N–H and O–H groups in total. The Bertz CT molecular complexity index is 407. The summed E-state index contributed by atoms with van der Waals surface area (Å²) in [6.07, 6.45) is 1.33. The van der Waals surface area contributed by atoms with Crippen LogP contribution in [0.25, 0.3) is 0 Å². The zero-order chi connectivity index (χ0) is 12.8. The van der Waals surface area contributed by atoms with E-state index in [9.17, 15) is 4.79 Å². The number of amides is 1. The molecule has 0 fully saturated rings. The Kier molecular flexibility index (Phi) is 4.59. The van der Waals surface area contributed by atoms with Crippen molar-refractivity contribution < 1.29 is 9.53 Å². The summed E-state index contributed by atoms with van der Waals surface area (Å²) in [6.45, 7) is 3.88. The summed E-state index contributed by atoms with van der Waals surface area (Å²) < 4.78 is 5.17. The molecule has 0 aromatic heterocycles. The van der Waals surface area contributed by atoms with E-state index in [1.54, 1.807) is 0 Å². The molecule has 98 valence electrons. The van der Waals surface area contributed by atoms with Gasteiger partial charge in [0, 0.05) is 25.3 Å². The maximum absolute atomic E-state index is 11.7. The minimum atomic E-state index is 0.0645. The second-order valence-electron chi connectivity index (χ2n) is 4.45. The van der Waals surface area contributed by atoms with Gasteiger partial charge < -0.3 is 15.4 Å². The number of carbonyl (C=O) groups is 1. The third-order valence-corrected chi connectivity index (χ3v) is 3.07. The maximum Gasteiger partial charge on any atom is 0.222 e. The topological polar surface area (TPSA) is 50.4 Å². The van der Waals surface area contributed by atoms with Crippen LogP contribution in [-0.2, 0) is 16.0 Å². The first kappa shape index (κ1) is 12.9. The van der Waals surface area contributed by atoms with Crippen molar-refractivity contribution in [1.82, 2.24) is 5.32 Å². The zero-order valence-electron chi connectivity index (χ0n) is 10.7. The van der Waals surface area contributed by atoms with Crippen molar-refractivity contribution in [3.8, 4) is 0 Å². The van der Waals surface area contributed by atoms with Gasteiger partial charge in [-0.15, -0.1) is 0 Å². The molecule has 0 bridgehead atoms. The van der Waals surface area contributed by atoms with Crippen LogP contribution >= 0.6 is 0 Å². The number of para-hydroxylation sites is 1. The highest BCUT2D eigenvalue weighted by atomic mass is 16.5. The van der Waals surface area contributed by atoms with Crippen LogP contribution in [0.4, 0.5) is 5.69 Å². The van der Waals surface area contributed by atoms with E-state index in [0.717, 1.165) is 13.0 Å². The standard InChI is InChI=1S/C14H20N2O2/c1-2-18-8-7-14(17)16-12-9-11-5-3-4-6-13(11)15-10-12/h3-6,12,15H,2,7-10H2,1H3,(H,16,17). The number of hydrogen-bond acceptors (Lipinski definition) is 3. The van der Waals surface area contributed by atoms with Gasteiger partial charge in [0.2, 0.25) is 5.91 Å². The Hall–Kier alpha value is -1.55. The summed E-state index contributed by atoms with van der Waals surface area (Å²) in [7, 11) is 0. The van der Waals surface area contributed by atoms with Gasteiger partial charge in [-0.1, -0.05) is 18.2 Å². The Labute approximate surface area is 108 Å². The first-order chi connectivity index (χ1) is 8.79. The van der Waals surface area contributed by atoms with Gasteiger partial charge in [-0.05, 0) is 25.0 Å². The van der Waals surface area contributed by atoms with E-state index in [1.807, 2.05) is 19.1 Å². The fourth-order valence-electron chi connectivity index (χ4n) is 2.15. The molecule has 4 nitrogen and oxygen atoms in total. The predicted octanol–water partition coefficient (Wildman–Crippen LogP) is 1.57. The van der Waals surface area contributed by atoms with Crippen molar-refractivity contribution in [3.05, 3.63) is 29.8 Å². The Morgan fingerprint density at radius 1 is 1.50 bits per heavy atom. The van der Waals surface area contributed by atoms with E-state index >= 15 is 0 Å². The first-order valence-electron chi connectivity index (χ1n) is 6.48. The molecule has 18 heavy (non-hydrogen) atoms. The van der Waals surface area contributed by atoms with E-state index < -0.39 is 0 Å². The van der Waals surface area contributed by atoms with Gasteiger partial charge >= 0.3 is 0 Å². The summed E-state index contributed by atoms with van der Waals surface area (Å²) in [4.78, 5) is 11.7. The van der Waals surface area contributed by atoms with Crippen molar-refractivity contribution in [2.45, 2.75) is 25.8 Å². The summed E-state index contributed by atoms with van der Waals surface area (Å²) >= 11 is 0. The van der Waals surface area contributed by atoms with Gasteiger partial charge in [0.1, 0.15) is 0 Å². The number of rotatable bonds is 5. The molecule has 1 unspecified atom stereocenters. The lowest BCUT2D eigenvalue weighted by molar-refractivity contribution is -0.122. The molecular weight excluding hydrogens is 228 g/mol. The van der Waals surface area contributed by atoms with Crippen LogP contribution < -0.4 is 10.6 Å². The number of carbonyl (C=O) groups excluding carboxylic acids is 1. The highest BCUT2D eigenvalue weighted by Crippen LogP contribution is 2.20. The van der Waals surface area contributed by atoms with Crippen LogP contribution in [0.1, 0.15) is 18.9 Å². The largest absolute Gasteiger partial charge is 0.383 e. The molecular formula is C14H20N2O2. The maximum atomic E-state index is 11.7. The van der Waals surface area contributed by atoms with Crippen LogP contribution in [0.2, 0.25) is 0 Å². The molecule has 1 aliphatic heterocycles. The highest BCUT2D eigenvalue weighted by molar-refractivity contribution is 5.76. The molecule has 0 spiro atoms. The molecule has 4 heteroatoms. The Morgan fingerprint density at radius 3 is 3.17 bits per heavy atom. The zero-order valence-corrected chi connectivity index (χ0v) is 10.7. The number of fused-ring (bicyclic) bond motifs is 1. The van der Waals surface area contributed by atoms with Gasteiger partial charge in [0.25, 0.3) is 0 Å². The number of anilines is 1. The third-order valence-electron chi connectivity index (χ3n) is 3.07. The van der Waals surface area contributed by atoms with Crippen LogP contribution in [-0.4, -0.2) is 31.7 Å². The molecule has 1 aromatic carbocycles. The number of ether oxygens (including phenoxy) is 1. The lowest BCUT2D eigenvalue weighted by Crippen LogP contribution is -2.43. The van der Waals surface area contributed by atoms with E-state index in [2.05, 4.69) is 22.8 Å². The van der Waals surface area contributed by atoms with Gasteiger partial charge in [0.05, 0.1) is 12.6 Å². The summed E-state index contributed by atoms with van der Waals surface area (Å²) in [5.74, 6) is 0.0645. The average Bonchev–Trinajstić information content (AvgIpc) is 2.39. The van der Waals surface area contributed by atoms with Gasteiger partial charge in [-0.2, -0.15) is 0 Å². The Morgan fingerprint density at radius 2 is 2.33 bits per heavy atom. The predicted molar refractivity (Wildman–Crippen MR) is 71.7 cm³/mol. The van der Waals surface area contributed by atoms with E-state index in [1.165, 1.54) is 11.3 Å². The van der Waals surface area contributed by atoms with Crippen molar-refractivity contribution in [2.24, 2.45) is 0 Å². The first-order valence-corrected chi connectivity index (χ1v) is 6.48. The lowest BCUT2D eigenvalue weighted by Gasteiger charge is -2.26. The van der Waals surface area contributed by atoms with E-state index in [4.69, 9.17) is 4.74 Å². The molecule has 1 atom stereocenters. The lowest BCUT2D eigenvalue weighted by atomic mass is 10.00.